The van der Waals surface area contributed by atoms with Crippen molar-refractivity contribution in [1.82, 2.24) is 0 Å². The Morgan fingerprint density at radius 2 is 1.43 bits per heavy atom. The van der Waals surface area contributed by atoms with E-state index in [1.165, 1.54) is 9.13 Å². The van der Waals surface area contributed by atoms with Gasteiger partial charge in [-0.05, 0) is 70.8 Å². The number of hydrogen-bond acceptors (Lipinski definition) is 2. The molecular formula is C25H26INO. The fraction of sp³-hybridized carbons (Fsp3) is 0.240. The first kappa shape index (κ1) is 20.6. The van der Waals surface area contributed by atoms with Crippen molar-refractivity contribution in [3.8, 4) is 0 Å². The van der Waals surface area contributed by atoms with Crippen LogP contribution in [0, 0.1) is 10.5 Å². The van der Waals surface area contributed by atoms with Gasteiger partial charge in [-0.2, -0.15) is 0 Å². The summed E-state index contributed by atoms with van der Waals surface area (Å²) in [6, 6.07) is 24.6. The molecule has 1 unspecified atom stereocenters. The SMILES string of the molecule is Cc1ccc(C(=O)CC(Nc2ccc(I)cc2)c2ccc(C(C)C)cc2)cc1. The maximum atomic E-state index is 12.9. The van der Waals surface area contributed by atoms with Crippen LogP contribution in [0.15, 0.2) is 72.8 Å². The summed E-state index contributed by atoms with van der Waals surface area (Å²) in [5.41, 5.74) is 5.38. The summed E-state index contributed by atoms with van der Waals surface area (Å²) in [4.78, 5) is 12.9. The Labute approximate surface area is 181 Å². The summed E-state index contributed by atoms with van der Waals surface area (Å²) < 4.78 is 1.19. The Morgan fingerprint density at radius 3 is 2.00 bits per heavy atom. The molecule has 0 aliphatic rings. The van der Waals surface area contributed by atoms with Crippen molar-refractivity contribution in [3.63, 3.8) is 0 Å². The van der Waals surface area contributed by atoms with Gasteiger partial charge in [-0.1, -0.05) is 67.9 Å². The van der Waals surface area contributed by atoms with Crippen LogP contribution in [-0.4, -0.2) is 5.78 Å². The van der Waals surface area contributed by atoms with Crippen LogP contribution in [-0.2, 0) is 0 Å². The van der Waals surface area contributed by atoms with Crippen LogP contribution >= 0.6 is 22.6 Å². The van der Waals surface area contributed by atoms with Crippen LogP contribution in [0.3, 0.4) is 0 Å². The molecule has 0 fully saturated rings. The molecule has 0 aromatic heterocycles. The first-order chi connectivity index (χ1) is 13.4. The lowest BCUT2D eigenvalue weighted by Crippen LogP contribution is -2.16. The average Bonchev–Trinajstić information content (AvgIpc) is 2.69. The number of ketones is 1. The molecule has 0 heterocycles. The molecule has 3 aromatic carbocycles. The zero-order valence-corrected chi connectivity index (χ0v) is 18.7. The maximum absolute atomic E-state index is 12.9. The van der Waals surface area contributed by atoms with Crippen LogP contribution in [0.5, 0.6) is 0 Å². The Hall–Kier alpha value is -2.14. The summed E-state index contributed by atoms with van der Waals surface area (Å²) in [5.74, 6) is 0.641. The van der Waals surface area contributed by atoms with Crippen molar-refractivity contribution < 1.29 is 4.79 Å². The molecule has 0 saturated carbocycles. The quantitative estimate of drug-likeness (QED) is 0.286. The summed E-state index contributed by atoms with van der Waals surface area (Å²) >= 11 is 2.30. The lowest BCUT2D eigenvalue weighted by Gasteiger charge is -2.21. The number of Topliss-reactive ketones (excluding diaryl/α,β-unsaturated/α-hetero) is 1. The second-order valence-electron chi connectivity index (χ2n) is 7.52. The van der Waals surface area contributed by atoms with Crippen LogP contribution in [0.2, 0.25) is 0 Å². The molecule has 3 heteroatoms. The summed E-state index contributed by atoms with van der Waals surface area (Å²) in [5, 5.41) is 3.56. The van der Waals surface area contributed by atoms with Gasteiger partial charge in [0.25, 0.3) is 0 Å². The van der Waals surface area contributed by atoms with Crippen LogP contribution in [0.4, 0.5) is 5.69 Å². The first-order valence-corrected chi connectivity index (χ1v) is 10.7. The minimum Gasteiger partial charge on any atom is -0.378 e. The van der Waals surface area contributed by atoms with E-state index >= 15 is 0 Å². The van der Waals surface area contributed by atoms with Crippen molar-refractivity contribution in [1.29, 1.82) is 0 Å². The standard InChI is InChI=1S/C25H26INO/c1-17(2)19-8-10-20(11-9-19)24(27-23-14-12-22(26)13-15-23)16-25(28)21-6-4-18(3)5-7-21/h4-15,17,24,27H,16H2,1-3H3. The minimum absolute atomic E-state index is 0.0740. The van der Waals surface area contributed by atoms with Gasteiger partial charge in [0.1, 0.15) is 0 Å². The van der Waals surface area contributed by atoms with Crippen molar-refractivity contribution in [2.24, 2.45) is 0 Å². The number of benzene rings is 3. The second-order valence-corrected chi connectivity index (χ2v) is 8.76. The van der Waals surface area contributed by atoms with Gasteiger partial charge in [0.05, 0.1) is 6.04 Å². The van der Waals surface area contributed by atoms with E-state index in [0.29, 0.717) is 12.3 Å². The van der Waals surface area contributed by atoms with E-state index in [0.717, 1.165) is 22.4 Å². The molecule has 0 spiro atoms. The van der Waals surface area contributed by atoms with Gasteiger partial charge < -0.3 is 5.32 Å². The van der Waals surface area contributed by atoms with E-state index in [-0.39, 0.29) is 11.8 Å². The largest absolute Gasteiger partial charge is 0.378 e. The number of carbonyl (C=O) groups excluding carboxylic acids is 1. The summed E-state index contributed by atoms with van der Waals surface area (Å²) in [6.07, 6.45) is 0.413. The summed E-state index contributed by atoms with van der Waals surface area (Å²) in [6.45, 7) is 6.42. The smallest absolute Gasteiger partial charge is 0.165 e. The van der Waals surface area contributed by atoms with Gasteiger partial charge in [0, 0.05) is 21.2 Å². The highest BCUT2D eigenvalue weighted by Gasteiger charge is 2.18. The van der Waals surface area contributed by atoms with E-state index in [4.69, 9.17) is 0 Å². The average molecular weight is 483 g/mol. The zero-order valence-electron chi connectivity index (χ0n) is 16.6. The van der Waals surface area contributed by atoms with E-state index in [9.17, 15) is 4.79 Å². The Kier molecular flexibility index (Phi) is 6.89. The van der Waals surface area contributed by atoms with Gasteiger partial charge in [0.2, 0.25) is 0 Å². The third-order valence-corrected chi connectivity index (χ3v) is 5.67. The van der Waals surface area contributed by atoms with E-state index in [1.54, 1.807) is 0 Å². The number of hydrogen-bond donors (Lipinski definition) is 1. The predicted molar refractivity (Wildman–Crippen MR) is 126 cm³/mol. The van der Waals surface area contributed by atoms with Gasteiger partial charge in [0.15, 0.2) is 5.78 Å². The van der Waals surface area contributed by atoms with E-state index in [2.05, 4.69) is 90.3 Å². The molecule has 144 valence electrons. The van der Waals surface area contributed by atoms with Gasteiger partial charge >= 0.3 is 0 Å². The molecular weight excluding hydrogens is 457 g/mol. The molecule has 2 nitrogen and oxygen atoms in total. The molecule has 0 radical (unpaired) electrons. The highest BCUT2D eigenvalue weighted by Crippen LogP contribution is 2.27. The molecule has 3 aromatic rings. The third kappa shape index (κ3) is 5.44. The Morgan fingerprint density at radius 1 is 0.857 bits per heavy atom. The lowest BCUT2D eigenvalue weighted by molar-refractivity contribution is 0.0976. The second kappa shape index (κ2) is 9.37. The lowest BCUT2D eigenvalue weighted by atomic mass is 9.94. The van der Waals surface area contributed by atoms with E-state index < -0.39 is 0 Å². The number of anilines is 1. The number of halogens is 1. The monoisotopic (exact) mass is 483 g/mol. The molecule has 0 saturated heterocycles. The molecule has 1 N–H and O–H groups in total. The topological polar surface area (TPSA) is 29.1 Å². The van der Waals surface area contributed by atoms with Gasteiger partial charge in [-0.3, -0.25) is 4.79 Å². The van der Waals surface area contributed by atoms with Crippen molar-refractivity contribution in [2.75, 3.05) is 5.32 Å². The normalized spacial score (nSPS) is 12.0. The van der Waals surface area contributed by atoms with Crippen molar-refractivity contribution in [3.05, 3.63) is 98.6 Å². The number of aryl methyl sites for hydroxylation is 1. The number of carbonyl (C=O) groups is 1. The third-order valence-electron chi connectivity index (χ3n) is 4.95. The molecule has 0 aliphatic carbocycles. The molecule has 28 heavy (non-hydrogen) atoms. The molecule has 0 aliphatic heterocycles. The fourth-order valence-electron chi connectivity index (χ4n) is 3.16. The Bertz CT molecular complexity index is 912. The molecule has 0 amide bonds. The van der Waals surface area contributed by atoms with Crippen molar-refractivity contribution in [2.45, 2.75) is 39.2 Å². The number of nitrogens with one attached hydrogen (secondary N) is 1. The number of rotatable bonds is 7. The first-order valence-electron chi connectivity index (χ1n) is 9.64. The highest BCUT2D eigenvalue weighted by atomic mass is 127. The highest BCUT2D eigenvalue weighted by molar-refractivity contribution is 14.1. The van der Waals surface area contributed by atoms with Gasteiger partial charge in [-0.15, -0.1) is 0 Å². The van der Waals surface area contributed by atoms with Crippen LogP contribution in [0.25, 0.3) is 0 Å². The predicted octanol–water partition coefficient (Wildman–Crippen LogP) is 7.15. The van der Waals surface area contributed by atoms with Crippen LogP contribution < -0.4 is 5.32 Å². The van der Waals surface area contributed by atoms with E-state index in [1.807, 2.05) is 31.2 Å². The van der Waals surface area contributed by atoms with Gasteiger partial charge in [-0.25, -0.2) is 0 Å². The minimum atomic E-state index is -0.0740. The zero-order chi connectivity index (χ0) is 20.1. The van der Waals surface area contributed by atoms with Crippen molar-refractivity contribution >= 4 is 34.1 Å². The summed E-state index contributed by atoms with van der Waals surface area (Å²) in [7, 11) is 0. The molecule has 0 bridgehead atoms. The Balaban J connectivity index is 1.85. The molecule has 1 atom stereocenters. The van der Waals surface area contributed by atoms with Crippen LogP contribution in [0.1, 0.15) is 59.3 Å². The maximum Gasteiger partial charge on any atom is 0.165 e. The molecule has 3 rings (SSSR count). The fourth-order valence-corrected chi connectivity index (χ4v) is 3.52.